The van der Waals surface area contributed by atoms with Crippen LogP contribution in [0.25, 0.3) is 0 Å². The maximum absolute atomic E-state index is 4.02. The van der Waals surface area contributed by atoms with Crippen LogP contribution in [0.5, 0.6) is 0 Å². The van der Waals surface area contributed by atoms with Crippen molar-refractivity contribution in [2.75, 3.05) is 0 Å². The fourth-order valence-corrected chi connectivity index (χ4v) is 9.44. The molecule has 6 atom stereocenters. The molecule has 0 N–H and O–H groups in total. The van der Waals surface area contributed by atoms with Crippen LogP contribution in [0, 0.1) is 41.4 Å². The van der Waals surface area contributed by atoms with Crippen molar-refractivity contribution in [3.8, 4) is 0 Å². The second-order valence-corrected chi connectivity index (χ2v) is 29.2. The van der Waals surface area contributed by atoms with Gasteiger partial charge in [-0.05, 0) is 12.8 Å². The van der Waals surface area contributed by atoms with Gasteiger partial charge in [-0.3, -0.25) is 0 Å². The van der Waals surface area contributed by atoms with Crippen molar-refractivity contribution < 1.29 is 0 Å². The third kappa shape index (κ3) is 20.7. The Balaban J connectivity index is 0. The first-order chi connectivity index (χ1) is 19.4. The second kappa shape index (κ2) is 27.4. The van der Waals surface area contributed by atoms with Crippen LogP contribution in [0.4, 0.5) is 0 Å². The number of rotatable bonds is 20. The molecule has 0 aliphatic heterocycles. The van der Waals surface area contributed by atoms with Gasteiger partial charge in [0.1, 0.15) is 0 Å². The zero-order valence-corrected chi connectivity index (χ0v) is 37.6. The van der Waals surface area contributed by atoms with E-state index in [1.807, 2.05) is 6.92 Å². The minimum absolute atomic E-state index is 0.476. The molecule has 0 bridgehead atoms. The Morgan fingerprint density at radius 3 is 1.61 bits per heavy atom. The molecule has 1 fully saturated rings. The molecule has 238 valence electrons. The number of hydrogen-bond acceptors (Lipinski definition) is 0. The maximum atomic E-state index is 4.02. The van der Waals surface area contributed by atoms with Crippen LogP contribution in [0.2, 0.25) is 0.533 Å². The van der Waals surface area contributed by atoms with Gasteiger partial charge in [-0.25, -0.2) is 0 Å². The van der Waals surface area contributed by atoms with Crippen molar-refractivity contribution in [3.05, 3.63) is 30.5 Å². The van der Waals surface area contributed by atoms with Gasteiger partial charge in [-0.2, -0.15) is 0 Å². The molecule has 1 aliphatic carbocycles. The van der Waals surface area contributed by atoms with Crippen LogP contribution in [-0.4, -0.2) is 51.5 Å². The first-order valence-corrected chi connectivity index (χ1v) is 21.7. The Hall–Kier alpha value is 1.10. The van der Waals surface area contributed by atoms with E-state index in [1.54, 1.807) is 11.6 Å². The van der Waals surface area contributed by atoms with E-state index in [0.29, 0.717) is 6.45 Å². The summed E-state index contributed by atoms with van der Waals surface area (Å²) in [6.45, 7) is 30.8. The van der Waals surface area contributed by atoms with Crippen molar-refractivity contribution in [2.45, 2.75) is 173 Å². The molecule has 6 radical (unpaired) electrons. The fraction of sp³-hybridized carbons (Fsp3) is 0.872. The molecule has 0 heterocycles. The van der Waals surface area contributed by atoms with Crippen LogP contribution in [0.1, 0.15) is 172 Å². The molecule has 0 aromatic rings. The van der Waals surface area contributed by atoms with Gasteiger partial charge in [0, 0.05) is 0 Å². The SMILES string of the molecule is C=C=C(C(C)C1CC(C)C1C(CC)C(C)C)[C](C)([Pb])[Pb].C=CC.CCCCCCCCCCCCCCC(C)CC. The van der Waals surface area contributed by atoms with Gasteiger partial charge in [0.25, 0.3) is 0 Å². The third-order valence-electron chi connectivity index (χ3n) is 9.69. The van der Waals surface area contributed by atoms with Crippen molar-refractivity contribution in [2.24, 2.45) is 41.4 Å². The summed E-state index contributed by atoms with van der Waals surface area (Å²) in [5.74, 6) is 6.07. The fourth-order valence-electron chi connectivity index (χ4n) is 6.98. The Labute approximate surface area is 293 Å². The summed E-state index contributed by atoms with van der Waals surface area (Å²) in [6, 6.07) is 0. The van der Waals surface area contributed by atoms with Gasteiger partial charge in [-0.15, -0.1) is 6.58 Å². The predicted molar refractivity (Wildman–Crippen MR) is 192 cm³/mol. The topological polar surface area (TPSA) is 0 Å². The van der Waals surface area contributed by atoms with Gasteiger partial charge in [0.15, 0.2) is 0 Å². The largest absolute Gasteiger partial charge is 0.103 e. The second-order valence-electron chi connectivity index (χ2n) is 13.9. The van der Waals surface area contributed by atoms with E-state index in [2.05, 4.69) is 81.2 Å². The molecule has 0 amide bonds. The van der Waals surface area contributed by atoms with E-state index in [-0.39, 0.29) is 0 Å². The van der Waals surface area contributed by atoms with Gasteiger partial charge in [0.05, 0.1) is 0 Å². The standard InChI is InChI=1S/C18H30.C18H38.C3H6.2Pb/c1-8-15(9-2)14(7)17-11-13(6)18(17)16(10-3)12(4)5;1-4-6-7-8-9-10-11-12-13-14-15-16-17-18(3)5-2;1-3-2;;/h12-14,16-18H,1,10-11H2,2-7H3;18H,4-17H2,1-3H3;3H,1H2,2H3;;. The number of unbranched alkanes of at least 4 members (excludes halogenated alkanes) is 11. The van der Waals surface area contributed by atoms with E-state index in [0.717, 1.165) is 35.5 Å². The summed E-state index contributed by atoms with van der Waals surface area (Å²) in [4.78, 5) is 0. The van der Waals surface area contributed by atoms with Crippen molar-refractivity contribution in [3.63, 3.8) is 0 Å². The maximum Gasteiger partial charge on any atom is -0.0445 e. The molecule has 1 rings (SSSR count). The normalized spacial score (nSPS) is 20.4. The van der Waals surface area contributed by atoms with Gasteiger partial charge in [-0.1, -0.05) is 117 Å². The molecule has 6 unspecified atom stereocenters. The van der Waals surface area contributed by atoms with Crippen molar-refractivity contribution in [1.29, 1.82) is 0 Å². The average molecular weight is 957 g/mol. The van der Waals surface area contributed by atoms with Crippen LogP contribution < -0.4 is 0 Å². The number of allylic oxidation sites excluding steroid dienone is 2. The van der Waals surface area contributed by atoms with E-state index >= 15 is 0 Å². The quantitative estimate of drug-likeness (QED) is 0.0494. The first kappa shape index (κ1) is 44.2. The monoisotopic (exact) mass is 959 g/mol. The van der Waals surface area contributed by atoms with E-state index in [1.165, 1.54) is 154 Å². The van der Waals surface area contributed by atoms with E-state index in [9.17, 15) is 0 Å². The minimum atomic E-state index is 0.476. The van der Waals surface area contributed by atoms with Crippen molar-refractivity contribution >= 4 is 51.5 Å². The summed E-state index contributed by atoms with van der Waals surface area (Å²) in [7, 11) is 0. The Morgan fingerprint density at radius 2 is 1.29 bits per heavy atom. The molecule has 0 aromatic carbocycles. The summed E-state index contributed by atoms with van der Waals surface area (Å²) in [6.07, 6.45) is 24.9. The predicted octanol–water partition coefficient (Wildman–Crippen LogP) is 13.1. The zero-order chi connectivity index (χ0) is 31.8. The van der Waals surface area contributed by atoms with Gasteiger partial charge in [0.2, 0.25) is 0 Å². The Kier molecular flexibility index (Phi) is 29.6. The summed E-state index contributed by atoms with van der Waals surface area (Å²) in [5, 5.41) is 0. The molecule has 0 aromatic heterocycles. The zero-order valence-electron chi connectivity index (χ0n) is 29.8. The molecule has 2 heteroatoms. The Bertz CT molecular complexity index is 651. The molecule has 1 saturated carbocycles. The van der Waals surface area contributed by atoms with Crippen molar-refractivity contribution in [1.82, 2.24) is 0 Å². The molecular weight excluding hydrogens is 883 g/mol. The molecule has 0 saturated heterocycles. The first-order valence-electron chi connectivity index (χ1n) is 17.8. The van der Waals surface area contributed by atoms with Gasteiger partial charge < -0.3 is 0 Å². The van der Waals surface area contributed by atoms with Crippen LogP contribution in [-0.2, 0) is 0 Å². The molecule has 41 heavy (non-hydrogen) atoms. The summed E-state index contributed by atoms with van der Waals surface area (Å²) < 4.78 is 0.476. The van der Waals surface area contributed by atoms with E-state index in [4.69, 9.17) is 0 Å². The van der Waals surface area contributed by atoms with Gasteiger partial charge >= 0.3 is 160 Å². The third-order valence-corrected chi connectivity index (χ3v) is 11.8. The minimum Gasteiger partial charge on any atom is -0.103 e. The van der Waals surface area contributed by atoms with Crippen LogP contribution in [0.15, 0.2) is 30.5 Å². The summed E-state index contributed by atoms with van der Waals surface area (Å²) in [5.41, 5.74) is 4.90. The van der Waals surface area contributed by atoms with Crippen LogP contribution in [0.3, 0.4) is 0 Å². The number of hydrogen-bond donors (Lipinski definition) is 0. The smallest absolute Gasteiger partial charge is 0.0445 e. The Morgan fingerprint density at radius 1 is 0.854 bits per heavy atom. The molecule has 0 nitrogen and oxygen atoms in total. The molecular formula is C39H74Pb2. The summed E-state index contributed by atoms with van der Waals surface area (Å²) >= 11 is 2.49. The molecule has 1 aliphatic rings. The average Bonchev–Trinajstić information content (AvgIpc) is 2.90. The van der Waals surface area contributed by atoms with E-state index < -0.39 is 0 Å². The molecule has 0 spiro atoms. The van der Waals surface area contributed by atoms with Crippen LogP contribution >= 0.6 is 0 Å².